The first-order chi connectivity index (χ1) is 10.2. The van der Waals surface area contributed by atoms with Crippen molar-refractivity contribution in [3.63, 3.8) is 0 Å². The first kappa shape index (κ1) is 14.1. The molecule has 1 N–H and O–H groups in total. The summed E-state index contributed by atoms with van der Waals surface area (Å²) in [4.78, 5) is 18.1. The lowest BCUT2D eigenvalue weighted by Gasteiger charge is -2.21. The molecule has 0 saturated heterocycles. The quantitative estimate of drug-likeness (QED) is 0.947. The van der Waals surface area contributed by atoms with Gasteiger partial charge in [-0.05, 0) is 43.9 Å². The minimum atomic E-state index is 0.0168. The van der Waals surface area contributed by atoms with Gasteiger partial charge >= 0.3 is 0 Å². The van der Waals surface area contributed by atoms with E-state index in [0.717, 1.165) is 36.2 Å². The average molecular weight is 302 g/mol. The smallest absolute Gasteiger partial charge is 0.227 e. The third-order valence-corrected chi connectivity index (χ3v) is 4.77. The number of carbonyl (C=O) groups is 1. The Morgan fingerprint density at radius 1 is 1.48 bits per heavy atom. The molecular formula is C16H18N2O2S. The van der Waals surface area contributed by atoms with Gasteiger partial charge in [-0.2, -0.15) is 0 Å². The van der Waals surface area contributed by atoms with Gasteiger partial charge in [-0.1, -0.05) is 6.07 Å². The predicted octanol–water partition coefficient (Wildman–Crippen LogP) is 3.20. The van der Waals surface area contributed by atoms with Crippen LogP contribution in [0.1, 0.15) is 22.6 Å². The van der Waals surface area contributed by atoms with Crippen molar-refractivity contribution in [2.45, 2.75) is 26.2 Å². The molecule has 2 aromatic rings. The van der Waals surface area contributed by atoms with E-state index in [2.05, 4.69) is 10.3 Å². The Hall–Kier alpha value is -1.88. The second kappa shape index (κ2) is 5.85. The van der Waals surface area contributed by atoms with Crippen LogP contribution in [0.2, 0.25) is 0 Å². The lowest BCUT2D eigenvalue weighted by atomic mass is 9.90. The summed E-state index contributed by atoms with van der Waals surface area (Å²) in [5.74, 6) is 0.782. The standard InChI is InChI=1S/C16H18N2O2S/c1-10-3-6-14(20-2)13(7-10)18-16(19)11-4-5-12-15(8-11)21-9-17-12/h3,6-7,9,11H,4-5,8H2,1-2H3,(H,18,19). The van der Waals surface area contributed by atoms with Crippen LogP contribution < -0.4 is 10.1 Å². The fraction of sp³-hybridized carbons (Fsp3) is 0.375. The van der Waals surface area contributed by atoms with Gasteiger partial charge in [0.05, 0.1) is 24.0 Å². The highest BCUT2D eigenvalue weighted by Crippen LogP contribution is 2.30. The average Bonchev–Trinajstić information content (AvgIpc) is 2.94. The number of aryl methyl sites for hydroxylation is 2. The summed E-state index contributed by atoms with van der Waals surface area (Å²) in [5.41, 5.74) is 4.88. The number of benzene rings is 1. The molecule has 110 valence electrons. The summed E-state index contributed by atoms with van der Waals surface area (Å²) in [6.07, 6.45) is 2.54. The Morgan fingerprint density at radius 3 is 3.14 bits per heavy atom. The molecule has 5 heteroatoms. The van der Waals surface area contributed by atoms with E-state index >= 15 is 0 Å². The van der Waals surface area contributed by atoms with Crippen LogP contribution in [0.5, 0.6) is 5.75 Å². The van der Waals surface area contributed by atoms with Crippen LogP contribution in [0, 0.1) is 12.8 Å². The lowest BCUT2D eigenvalue weighted by molar-refractivity contribution is -0.120. The first-order valence-corrected chi connectivity index (χ1v) is 7.92. The van der Waals surface area contributed by atoms with Gasteiger partial charge in [0.25, 0.3) is 0 Å². The second-order valence-corrected chi connectivity index (χ2v) is 6.29. The monoisotopic (exact) mass is 302 g/mol. The van der Waals surface area contributed by atoms with Crippen molar-refractivity contribution in [1.29, 1.82) is 0 Å². The number of thiazole rings is 1. The molecule has 0 aliphatic heterocycles. The molecule has 1 unspecified atom stereocenters. The van der Waals surface area contributed by atoms with Crippen LogP contribution in [0.15, 0.2) is 23.7 Å². The maximum atomic E-state index is 12.5. The van der Waals surface area contributed by atoms with Crippen LogP contribution in [-0.2, 0) is 17.6 Å². The molecule has 21 heavy (non-hydrogen) atoms. The molecule has 0 radical (unpaired) electrons. The van der Waals surface area contributed by atoms with Crippen molar-refractivity contribution in [3.8, 4) is 5.75 Å². The van der Waals surface area contributed by atoms with Gasteiger partial charge in [-0.15, -0.1) is 11.3 Å². The topological polar surface area (TPSA) is 51.2 Å². The van der Waals surface area contributed by atoms with Crippen molar-refractivity contribution in [2.75, 3.05) is 12.4 Å². The normalized spacial score (nSPS) is 17.1. The Bertz CT molecular complexity index is 666. The number of nitrogens with zero attached hydrogens (tertiary/aromatic N) is 1. The molecule has 1 aromatic heterocycles. The zero-order chi connectivity index (χ0) is 14.8. The third kappa shape index (κ3) is 2.93. The van der Waals surface area contributed by atoms with E-state index in [0.29, 0.717) is 5.75 Å². The second-order valence-electron chi connectivity index (χ2n) is 5.35. The zero-order valence-electron chi connectivity index (χ0n) is 12.2. The van der Waals surface area contributed by atoms with Crippen molar-refractivity contribution >= 4 is 22.9 Å². The Morgan fingerprint density at radius 2 is 2.33 bits per heavy atom. The Labute approximate surface area is 128 Å². The van der Waals surface area contributed by atoms with Crippen LogP contribution in [0.4, 0.5) is 5.69 Å². The molecule has 1 heterocycles. The van der Waals surface area contributed by atoms with Gasteiger partial charge in [-0.25, -0.2) is 4.98 Å². The fourth-order valence-corrected chi connectivity index (χ4v) is 3.57. The number of rotatable bonds is 3. The van der Waals surface area contributed by atoms with Gasteiger partial charge in [-0.3, -0.25) is 4.79 Å². The van der Waals surface area contributed by atoms with E-state index in [1.54, 1.807) is 18.4 Å². The molecule has 4 nitrogen and oxygen atoms in total. The largest absolute Gasteiger partial charge is 0.495 e. The molecular weight excluding hydrogens is 284 g/mol. The molecule has 1 aromatic carbocycles. The Balaban J connectivity index is 1.74. The predicted molar refractivity (Wildman–Crippen MR) is 84.0 cm³/mol. The van der Waals surface area contributed by atoms with Gasteiger partial charge in [0, 0.05) is 10.8 Å². The summed E-state index contributed by atoms with van der Waals surface area (Å²) in [6.45, 7) is 2.00. The molecule has 0 fully saturated rings. The molecule has 1 aliphatic carbocycles. The lowest BCUT2D eigenvalue weighted by Crippen LogP contribution is -2.27. The molecule has 1 atom stereocenters. The maximum absolute atomic E-state index is 12.5. The minimum absolute atomic E-state index is 0.0168. The molecule has 1 aliphatic rings. The van der Waals surface area contributed by atoms with E-state index in [-0.39, 0.29) is 11.8 Å². The molecule has 1 amide bonds. The van der Waals surface area contributed by atoms with Crippen molar-refractivity contribution in [3.05, 3.63) is 39.8 Å². The van der Waals surface area contributed by atoms with Gasteiger partial charge < -0.3 is 10.1 Å². The summed E-state index contributed by atoms with van der Waals surface area (Å²) < 4.78 is 5.31. The zero-order valence-corrected chi connectivity index (χ0v) is 13.0. The fourth-order valence-electron chi connectivity index (χ4n) is 2.68. The third-order valence-electron chi connectivity index (χ3n) is 3.87. The summed E-state index contributed by atoms with van der Waals surface area (Å²) >= 11 is 1.65. The number of aromatic nitrogens is 1. The van der Waals surface area contributed by atoms with E-state index < -0.39 is 0 Å². The van der Waals surface area contributed by atoms with Crippen LogP contribution in [-0.4, -0.2) is 18.0 Å². The first-order valence-electron chi connectivity index (χ1n) is 7.04. The molecule has 0 saturated carbocycles. The number of anilines is 1. The van der Waals surface area contributed by atoms with E-state index in [1.165, 1.54) is 4.88 Å². The maximum Gasteiger partial charge on any atom is 0.227 e. The highest BCUT2D eigenvalue weighted by Gasteiger charge is 2.26. The van der Waals surface area contributed by atoms with Crippen LogP contribution in [0.3, 0.4) is 0 Å². The highest BCUT2D eigenvalue weighted by molar-refractivity contribution is 7.09. The van der Waals surface area contributed by atoms with E-state index in [4.69, 9.17) is 4.74 Å². The summed E-state index contributed by atoms with van der Waals surface area (Å²) in [5, 5.41) is 3.02. The van der Waals surface area contributed by atoms with Crippen LogP contribution in [0.25, 0.3) is 0 Å². The number of hydrogen-bond donors (Lipinski definition) is 1. The number of carbonyl (C=O) groups excluding carboxylic acids is 1. The van der Waals surface area contributed by atoms with E-state index in [9.17, 15) is 4.79 Å². The van der Waals surface area contributed by atoms with Gasteiger partial charge in [0.1, 0.15) is 5.75 Å². The number of nitrogens with one attached hydrogen (secondary N) is 1. The summed E-state index contributed by atoms with van der Waals surface area (Å²) in [6, 6.07) is 5.80. The van der Waals surface area contributed by atoms with Gasteiger partial charge in [0.15, 0.2) is 0 Å². The number of hydrogen-bond acceptors (Lipinski definition) is 4. The van der Waals surface area contributed by atoms with Crippen molar-refractivity contribution < 1.29 is 9.53 Å². The highest BCUT2D eigenvalue weighted by atomic mass is 32.1. The molecule has 0 bridgehead atoms. The Kier molecular flexibility index (Phi) is 3.92. The van der Waals surface area contributed by atoms with Crippen LogP contribution >= 0.6 is 11.3 Å². The SMILES string of the molecule is COc1ccc(C)cc1NC(=O)C1CCc2ncsc2C1. The number of methoxy groups -OCH3 is 1. The van der Waals surface area contributed by atoms with Gasteiger partial charge in [0.2, 0.25) is 5.91 Å². The molecule has 0 spiro atoms. The number of ether oxygens (including phenoxy) is 1. The van der Waals surface area contributed by atoms with E-state index in [1.807, 2.05) is 30.6 Å². The number of amides is 1. The minimum Gasteiger partial charge on any atom is -0.495 e. The number of fused-ring (bicyclic) bond motifs is 1. The molecule has 3 rings (SSSR count). The van der Waals surface area contributed by atoms with Crippen molar-refractivity contribution in [1.82, 2.24) is 4.98 Å². The van der Waals surface area contributed by atoms with Crippen molar-refractivity contribution in [2.24, 2.45) is 5.92 Å². The summed E-state index contributed by atoms with van der Waals surface area (Å²) in [7, 11) is 1.62.